The Kier molecular flexibility index (Phi) is 5.88. The smallest absolute Gasteiger partial charge is 0.349 e. The standard InChI is InChI=1S/C23H20F6N2O2/c24-22(25,26)16-5-1-12(2-6-16)20(32)30-18-10-15-9-14(18)11-19(15)31-21(33)13-3-7-17(8-4-13)23(27,28)29/h1-8,14-15,18-19H,9-11H2,(H,30,32)(H,31,33)/t14-,15-,18+,19+/m1/s1. The number of rotatable bonds is 4. The summed E-state index contributed by atoms with van der Waals surface area (Å²) < 4.78 is 76.0. The molecule has 4 nitrogen and oxygen atoms in total. The van der Waals surface area contributed by atoms with Crippen LogP contribution in [0.1, 0.15) is 51.1 Å². The summed E-state index contributed by atoms with van der Waals surface area (Å²) in [6, 6.07) is 7.71. The van der Waals surface area contributed by atoms with E-state index in [0.29, 0.717) is 12.8 Å². The molecule has 2 fully saturated rings. The predicted octanol–water partition coefficient (Wildman–Crippen LogP) is 5.05. The molecule has 0 heterocycles. The molecule has 0 saturated heterocycles. The Hall–Kier alpha value is -3.04. The van der Waals surface area contributed by atoms with Gasteiger partial charge in [-0.05, 0) is 79.6 Å². The molecule has 4 atom stereocenters. The monoisotopic (exact) mass is 470 g/mol. The van der Waals surface area contributed by atoms with E-state index in [1.807, 2.05) is 0 Å². The Labute approximate surface area is 185 Å². The number of hydrogen-bond donors (Lipinski definition) is 2. The van der Waals surface area contributed by atoms with Gasteiger partial charge >= 0.3 is 12.4 Å². The van der Waals surface area contributed by atoms with Crippen LogP contribution in [0, 0.1) is 11.8 Å². The molecule has 0 aliphatic heterocycles. The van der Waals surface area contributed by atoms with E-state index in [2.05, 4.69) is 10.6 Å². The van der Waals surface area contributed by atoms with E-state index in [4.69, 9.17) is 0 Å². The second-order valence-corrected chi connectivity index (χ2v) is 8.54. The van der Waals surface area contributed by atoms with E-state index >= 15 is 0 Å². The highest BCUT2D eigenvalue weighted by Gasteiger charge is 2.47. The van der Waals surface area contributed by atoms with E-state index in [1.54, 1.807) is 0 Å². The quantitative estimate of drug-likeness (QED) is 0.615. The predicted molar refractivity (Wildman–Crippen MR) is 106 cm³/mol. The third kappa shape index (κ3) is 4.99. The van der Waals surface area contributed by atoms with Crippen LogP contribution >= 0.6 is 0 Å². The van der Waals surface area contributed by atoms with Crippen molar-refractivity contribution in [1.29, 1.82) is 0 Å². The number of carbonyl (C=O) groups excluding carboxylic acids is 2. The van der Waals surface area contributed by atoms with E-state index < -0.39 is 35.3 Å². The van der Waals surface area contributed by atoms with E-state index in [1.165, 1.54) is 0 Å². The molecule has 0 aromatic heterocycles. The zero-order chi connectivity index (χ0) is 24.0. The molecular weight excluding hydrogens is 450 g/mol. The molecule has 0 unspecified atom stereocenters. The van der Waals surface area contributed by atoms with Gasteiger partial charge in [0.15, 0.2) is 0 Å². The van der Waals surface area contributed by atoms with E-state index in [9.17, 15) is 35.9 Å². The number of nitrogens with one attached hydrogen (secondary N) is 2. The van der Waals surface area contributed by atoms with Crippen LogP contribution in [0.5, 0.6) is 0 Å². The fourth-order valence-corrected chi connectivity index (χ4v) is 4.75. The first-order chi connectivity index (χ1) is 15.4. The molecule has 2 amide bonds. The maximum Gasteiger partial charge on any atom is 0.416 e. The highest BCUT2D eigenvalue weighted by atomic mass is 19.4. The van der Waals surface area contributed by atoms with Gasteiger partial charge in [-0.3, -0.25) is 9.59 Å². The lowest BCUT2D eigenvalue weighted by molar-refractivity contribution is -0.138. The Bertz CT molecular complexity index is 947. The summed E-state index contributed by atoms with van der Waals surface area (Å²) in [7, 11) is 0. The summed E-state index contributed by atoms with van der Waals surface area (Å²) >= 11 is 0. The third-order valence-electron chi connectivity index (χ3n) is 6.44. The van der Waals surface area contributed by atoms with Crippen molar-refractivity contribution in [2.75, 3.05) is 0 Å². The second-order valence-electron chi connectivity index (χ2n) is 8.54. The number of fused-ring (bicyclic) bond motifs is 2. The zero-order valence-corrected chi connectivity index (χ0v) is 17.1. The molecule has 2 bridgehead atoms. The minimum absolute atomic E-state index is 0.103. The SMILES string of the molecule is O=C(N[C@H]1C[C@H]2C[C@@H]1C[C@@H]2NC(=O)c1ccc(C(F)(F)F)cc1)c1ccc(C(F)(F)F)cc1. The van der Waals surface area contributed by atoms with Crippen molar-refractivity contribution in [2.45, 2.75) is 43.7 Å². The van der Waals surface area contributed by atoms with Crippen LogP contribution in [-0.4, -0.2) is 23.9 Å². The van der Waals surface area contributed by atoms with Gasteiger partial charge < -0.3 is 10.6 Å². The van der Waals surface area contributed by atoms with Gasteiger partial charge in [0, 0.05) is 23.2 Å². The van der Waals surface area contributed by atoms with Crippen LogP contribution in [0.3, 0.4) is 0 Å². The average molecular weight is 470 g/mol. The fraction of sp³-hybridized carbons (Fsp3) is 0.391. The van der Waals surface area contributed by atoms with Crippen LogP contribution in [0.4, 0.5) is 26.3 Å². The van der Waals surface area contributed by atoms with Crippen LogP contribution in [0.15, 0.2) is 48.5 Å². The largest absolute Gasteiger partial charge is 0.416 e. The summed E-state index contributed by atoms with van der Waals surface area (Å²) in [6.07, 6.45) is -6.96. The number of halogens is 6. The summed E-state index contributed by atoms with van der Waals surface area (Å²) in [4.78, 5) is 24.9. The molecule has 0 spiro atoms. The molecule has 0 radical (unpaired) electrons. The minimum Gasteiger partial charge on any atom is -0.349 e. The third-order valence-corrected chi connectivity index (χ3v) is 6.44. The highest BCUT2D eigenvalue weighted by Crippen LogP contribution is 2.45. The van der Waals surface area contributed by atoms with Crippen LogP contribution in [0.25, 0.3) is 0 Å². The molecular formula is C23H20F6N2O2. The van der Waals surface area contributed by atoms with Crippen molar-refractivity contribution >= 4 is 11.8 Å². The first kappa shape index (κ1) is 23.1. The lowest BCUT2D eigenvalue weighted by Gasteiger charge is -2.29. The number of amides is 2. The van der Waals surface area contributed by atoms with Gasteiger partial charge in [0.05, 0.1) is 11.1 Å². The Morgan fingerprint density at radius 2 is 0.939 bits per heavy atom. The van der Waals surface area contributed by atoms with Gasteiger partial charge in [0.25, 0.3) is 11.8 Å². The molecule has 2 aliphatic rings. The maximum absolute atomic E-state index is 12.7. The van der Waals surface area contributed by atoms with Crippen LogP contribution < -0.4 is 10.6 Å². The van der Waals surface area contributed by atoms with E-state index in [0.717, 1.165) is 55.0 Å². The Balaban J connectivity index is 1.31. The number of alkyl halides is 6. The van der Waals surface area contributed by atoms with Gasteiger partial charge in [-0.1, -0.05) is 0 Å². The Morgan fingerprint density at radius 1 is 0.606 bits per heavy atom. The fourth-order valence-electron chi connectivity index (χ4n) is 4.75. The van der Waals surface area contributed by atoms with Crippen molar-refractivity contribution in [3.8, 4) is 0 Å². The molecule has 33 heavy (non-hydrogen) atoms. The molecule has 2 aromatic carbocycles. The van der Waals surface area contributed by atoms with Gasteiger partial charge in [0.2, 0.25) is 0 Å². The molecule has 176 valence electrons. The summed E-state index contributed by atoms with van der Waals surface area (Å²) in [5, 5.41) is 5.74. The molecule has 2 saturated carbocycles. The highest BCUT2D eigenvalue weighted by molar-refractivity contribution is 5.95. The topological polar surface area (TPSA) is 58.2 Å². The van der Waals surface area contributed by atoms with Crippen molar-refractivity contribution in [1.82, 2.24) is 10.6 Å². The lowest BCUT2D eigenvalue weighted by Crippen LogP contribution is -2.45. The Morgan fingerprint density at radius 3 is 1.21 bits per heavy atom. The molecule has 2 aromatic rings. The second kappa shape index (κ2) is 8.39. The number of benzene rings is 2. The minimum atomic E-state index is -4.47. The first-order valence-electron chi connectivity index (χ1n) is 10.4. The van der Waals surface area contributed by atoms with Gasteiger partial charge in [-0.25, -0.2) is 0 Å². The van der Waals surface area contributed by atoms with Crippen LogP contribution in [-0.2, 0) is 12.4 Å². The molecule has 2 N–H and O–H groups in total. The van der Waals surface area contributed by atoms with Crippen molar-refractivity contribution in [3.63, 3.8) is 0 Å². The molecule has 4 rings (SSSR count). The maximum atomic E-state index is 12.7. The molecule has 10 heteroatoms. The van der Waals surface area contributed by atoms with Gasteiger partial charge in [0.1, 0.15) is 0 Å². The van der Waals surface area contributed by atoms with Crippen molar-refractivity contribution in [2.24, 2.45) is 11.8 Å². The zero-order valence-electron chi connectivity index (χ0n) is 17.1. The average Bonchev–Trinajstić information content (AvgIpc) is 3.32. The normalized spacial score (nSPS) is 24.5. The van der Waals surface area contributed by atoms with E-state index in [-0.39, 0.29) is 35.0 Å². The summed E-state index contributed by atoms with van der Waals surface area (Å²) in [5.74, 6) is -0.698. The number of carbonyl (C=O) groups is 2. The first-order valence-corrected chi connectivity index (χ1v) is 10.4. The van der Waals surface area contributed by atoms with Gasteiger partial charge in [-0.2, -0.15) is 26.3 Å². The lowest BCUT2D eigenvalue weighted by atomic mass is 9.90. The molecule has 2 aliphatic carbocycles. The van der Waals surface area contributed by atoms with Gasteiger partial charge in [-0.15, -0.1) is 0 Å². The van der Waals surface area contributed by atoms with Crippen LogP contribution in [0.2, 0.25) is 0 Å². The van der Waals surface area contributed by atoms with Crippen molar-refractivity contribution < 1.29 is 35.9 Å². The van der Waals surface area contributed by atoms with Crippen molar-refractivity contribution in [3.05, 3.63) is 70.8 Å². The summed E-state index contributed by atoms with van der Waals surface area (Å²) in [5.41, 5.74) is -1.38. The summed E-state index contributed by atoms with van der Waals surface area (Å²) in [6.45, 7) is 0. The number of hydrogen-bond acceptors (Lipinski definition) is 2.